The number of nitrogens with one attached hydrogen (secondary N) is 1. The van der Waals surface area contributed by atoms with Gasteiger partial charge in [0.15, 0.2) is 11.5 Å². The highest BCUT2D eigenvalue weighted by Gasteiger charge is 2.37. The summed E-state index contributed by atoms with van der Waals surface area (Å²) >= 11 is 0. The van der Waals surface area contributed by atoms with Crippen LogP contribution >= 0.6 is 0 Å². The number of benzene rings is 1. The zero-order valence-corrected chi connectivity index (χ0v) is 15.9. The molecule has 152 valence electrons. The summed E-state index contributed by atoms with van der Waals surface area (Å²) in [6.45, 7) is 2.11. The van der Waals surface area contributed by atoms with Crippen molar-refractivity contribution in [3.63, 3.8) is 0 Å². The van der Waals surface area contributed by atoms with Crippen LogP contribution in [0.4, 0.5) is 0 Å². The molecule has 1 saturated carbocycles. The lowest BCUT2D eigenvalue weighted by atomic mass is 9.73. The van der Waals surface area contributed by atoms with Crippen LogP contribution in [0, 0.1) is 11.8 Å². The lowest BCUT2D eigenvalue weighted by Gasteiger charge is -2.38. The summed E-state index contributed by atoms with van der Waals surface area (Å²) in [6, 6.07) is 6.02. The van der Waals surface area contributed by atoms with E-state index in [1.54, 1.807) is 0 Å². The molecule has 2 heterocycles. The largest absolute Gasteiger partial charge is 0.481 e. The Morgan fingerprint density at radius 3 is 2.43 bits per heavy atom. The molecule has 1 aromatic carbocycles. The van der Waals surface area contributed by atoms with Crippen molar-refractivity contribution in [1.82, 2.24) is 5.32 Å². The van der Waals surface area contributed by atoms with Gasteiger partial charge in [0.25, 0.3) is 0 Å². The summed E-state index contributed by atoms with van der Waals surface area (Å²) < 4.78 is 16.5. The molecule has 28 heavy (non-hydrogen) atoms. The van der Waals surface area contributed by atoms with E-state index in [2.05, 4.69) is 11.4 Å². The molecule has 2 aliphatic heterocycles. The van der Waals surface area contributed by atoms with Crippen molar-refractivity contribution in [2.75, 3.05) is 26.6 Å². The van der Waals surface area contributed by atoms with Gasteiger partial charge in [-0.15, -0.1) is 0 Å². The molecule has 1 aromatic rings. The molecule has 1 amide bonds. The van der Waals surface area contributed by atoms with Crippen molar-refractivity contribution in [2.24, 2.45) is 11.8 Å². The summed E-state index contributed by atoms with van der Waals surface area (Å²) in [5.74, 6) is 0.397. The van der Waals surface area contributed by atoms with Crippen molar-refractivity contribution in [3.05, 3.63) is 23.8 Å². The van der Waals surface area contributed by atoms with Crippen molar-refractivity contribution < 1.29 is 28.9 Å². The molecule has 1 aliphatic carbocycles. The quantitative estimate of drug-likeness (QED) is 0.804. The Hall–Kier alpha value is -2.28. The van der Waals surface area contributed by atoms with Crippen LogP contribution in [0.15, 0.2) is 18.2 Å². The third kappa shape index (κ3) is 3.81. The second-order valence-corrected chi connectivity index (χ2v) is 8.07. The molecule has 0 unspecified atom stereocenters. The number of hydrogen-bond acceptors (Lipinski definition) is 5. The van der Waals surface area contributed by atoms with E-state index in [0.717, 1.165) is 29.9 Å². The Bertz CT molecular complexity index is 734. The second kappa shape index (κ2) is 7.99. The fourth-order valence-electron chi connectivity index (χ4n) is 4.56. The number of carbonyl (C=O) groups is 2. The predicted octanol–water partition coefficient (Wildman–Crippen LogP) is 2.47. The molecule has 7 heteroatoms. The second-order valence-electron chi connectivity index (χ2n) is 8.07. The van der Waals surface area contributed by atoms with Crippen LogP contribution in [0.2, 0.25) is 0 Å². The molecule has 0 aromatic heterocycles. The van der Waals surface area contributed by atoms with Crippen molar-refractivity contribution in [2.45, 2.75) is 43.9 Å². The Labute approximate surface area is 164 Å². The van der Waals surface area contributed by atoms with Gasteiger partial charge < -0.3 is 24.6 Å². The number of aliphatic carboxylic acids is 1. The van der Waals surface area contributed by atoms with E-state index in [9.17, 15) is 9.59 Å². The van der Waals surface area contributed by atoms with E-state index in [4.69, 9.17) is 19.3 Å². The fourth-order valence-corrected chi connectivity index (χ4v) is 4.56. The van der Waals surface area contributed by atoms with E-state index in [1.165, 1.54) is 0 Å². The molecular formula is C21H27NO6. The minimum absolute atomic E-state index is 0.0375. The molecule has 7 nitrogen and oxygen atoms in total. The molecule has 0 bridgehead atoms. The monoisotopic (exact) mass is 389 g/mol. The molecular weight excluding hydrogens is 362 g/mol. The average Bonchev–Trinajstić information content (AvgIpc) is 3.21. The van der Waals surface area contributed by atoms with Crippen molar-refractivity contribution in [3.8, 4) is 11.5 Å². The van der Waals surface area contributed by atoms with Gasteiger partial charge in [0, 0.05) is 31.1 Å². The van der Waals surface area contributed by atoms with E-state index in [0.29, 0.717) is 45.4 Å². The van der Waals surface area contributed by atoms with Gasteiger partial charge in [-0.05, 0) is 56.2 Å². The lowest BCUT2D eigenvalue weighted by Crippen LogP contribution is -2.46. The topological polar surface area (TPSA) is 94.1 Å². The minimum Gasteiger partial charge on any atom is -0.481 e. The van der Waals surface area contributed by atoms with Gasteiger partial charge in [-0.2, -0.15) is 0 Å². The summed E-state index contributed by atoms with van der Waals surface area (Å²) in [5, 5.41) is 12.3. The van der Waals surface area contributed by atoms with Gasteiger partial charge in [0.2, 0.25) is 12.7 Å². The molecule has 4 rings (SSSR count). The summed E-state index contributed by atoms with van der Waals surface area (Å²) in [7, 11) is 0. The fraction of sp³-hybridized carbons (Fsp3) is 0.619. The Balaban J connectivity index is 1.43. The minimum atomic E-state index is -0.747. The van der Waals surface area contributed by atoms with Crippen LogP contribution in [0.5, 0.6) is 11.5 Å². The van der Waals surface area contributed by atoms with Gasteiger partial charge in [-0.1, -0.05) is 6.07 Å². The third-order valence-electron chi connectivity index (χ3n) is 6.48. The molecule has 2 fully saturated rings. The first kappa shape index (κ1) is 19.1. The average molecular weight is 389 g/mol. The van der Waals surface area contributed by atoms with Crippen LogP contribution in [0.1, 0.15) is 44.1 Å². The van der Waals surface area contributed by atoms with Gasteiger partial charge in [0.1, 0.15) is 0 Å². The maximum Gasteiger partial charge on any atom is 0.306 e. The first-order chi connectivity index (χ1) is 13.6. The normalized spacial score (nSPS) is 25.9. The first-order valence-corrected chi connectivity index (χ1v) is 10.1. The molecule has 0 spiro atoms. The first-order valence-electron chi connectivity index (χ1n) is 10.1. The lowest BCUT2D eigenvalue weighted by molar-refractivity contribution is -0.144. The SMILES string of the molecule is O=C(O)C1CCC(C(=O)NCC2(c3ccc4c(c3)OCO4)CCOCC2)CC1. The van der Waals surface area contributed by atoms with E-state index in [-0.39, 0.29) is 30.0 Å². The van der Waals surface area contributed by atoms with Gasteiger partial charge in [-0.3, -0.25) is 9.59 Å². The molecule has 3 aliphatic rings. The van der Waals surface area contributed by atoms with E-state index in [1.807, 2.05) is 12.1 Å². The van der Waals surface area contributed by atoms with Gasteiger partial charge in [-0.25, -0.2) is 0 Å². The number of carboxylic acid groups (broad SMARTS) is 1. The highest BCUT2D eigenvalue weighted by atomic mass is 16.7. The number of carboxylic acids is 1. The van der Waals surface area contributed by atoms with Crippen LogP contribution in [0.3, 0.4) is 0 Å². The molecule has 2 N–H and O–H groups in total. The van der Waals surface area contributed by atoms with Crippen LogP contribution < -0.4 is 14.8 Å². The Morgan fingerprint density at radius 2 is 1.71 bits per heavy atom. The highest BCUT2D eigenvalue weighted by Crippen LogP contribution is 2.40. The van der Waals surface area contributed by atoms with Crippen LogP contribution in [-0.2, 0) is 19.7 Å². The number of fused-ring (bicyclic) bond motifs is 1. The number of carbonyl (C=O) groups excluding carboxylic acids is 1. The molecule has 0 atom stereocenters. The van der Waals surface area contributed by atoms with Crippen molar-refractivity contribution in [1.29, 1.82) is 0 Å². The van der Waals surface area contributed by atoms with Gasteiger partial charge >= 0.3 is 5.97 Å². The third-order valence-corrected chi connectivity index (χ3v) is 6.48. The van der Waals surface area contributed by atoms with Crippen molar-refractivity contribution >= 4 is 11.9 Å². The van der Waals surface area contributed by atoms with Gasteiger partial charge in [0.05, 0.1) is 5.92 Å². The highest BCUT2D eigenvalue weighted by molar-refractivity contribution is 5.79. The van der Waals surface area contributed by atoms with Crippen LogP contribution in [0.25, 0.3) is 0 Å². The molecule has 1 saturated heterocycles. The molecule has 0 radical (unpaired) electrons. The van der Waals surface area contributed by atoms with Crippen LogP contribution in [-0.4, -0.2) is 43.5 Å². The smallest absolute Gasteiger partial charge is 0.306 e. The Morgan fingerprint density at radius 1 is 1.04 bits per heavy atom. The standard InChI is InChI=1S/C21H27NO6/c23-19(14-1-3-15(4-2-14)20(24)25)22-12-21(7-9-26-10-8-21)16-5-6-17-18(11-16)28-13-27-17/h5-6,11,14-15H,1-4,7-10,12-13H2,(H,22,23)(H,24,25). The number of amides is 1. The Kier molecular flexibility index (Phi) is 5.44. The zero-order valence-electron chi connectivity index (χ0n) is 15.9. The van der Waals surface area contributed by atoms with E-state index < -0.39 is 5.97 Å². The van der Waals surface area contributed by atoms with E-state index >= 15 is 0 Å². The summed E-state index contributed by atoms with van der Waals surface area (Å²) in [5.41, 5.74) is 0.947. The maximum atomic E-state index is 12.7. The zero-order chi connectivity index (χ0) is 19.6. The number of hydrogen-bond donors (Lipinski definition) is 2. The number of ether oxygens (including phenoxy) is 3. The number of rotatable bonds is 5. The summed E-state index contributed by atoms with van der Waals surface area (Å²) in [4.78, 5) is 23.9. The summed E-state index contributed by atoms with van der Waals surface area (Å²) in [6.07, 6.45) is 4.10. The maximum absolute atomic E-state index is 12.7. The predicted molar refractivity (Wildman–Crippen MR) is 100 cm³/mol.